The fourth-order valence-corrected chi connectivity index (χ4v) is 5.54. The van der Waals surface area contributed by atoms with Crippen LogP contribution in [0.5, 0.6) is 5.75 Å². The zero-order chi connectivity index (χ0) is 32.2. The topological polar surface area (TPSA) is 103 Å². The van der Waals surface area contributed by atoms with Crippen LogP contribution in [0, 0.1) is 5.92 Å². The number of fused-ring (bicyclic) bond motifs is 1. The van der Waals surface area contributed by atoms with E-state index in [1.54, 1.807) is 35.2 Å². The highest BCUT2D eigenvalue weighted by molar-refractivity contribution is 6.02. The van der Waals surface area contributed by atoms with Crippen LogP contribution in [-0.4, -0.2) is 78.4 Å². The van der Waals surface area contributed by atoms with Crippen molar-refractivity contribution in [3.05, 3.63) is 90.0 Å². The van der Waals surface area contributed by atoms with Gasteiger partial charge < -0.3 is 30.1 Å². The van der Waals surface area contributed by atoms with E-state index >= 15 is 0 Å². The molecular weight excluding hydrogens is 568 g/mol. The summed E-state index contributed by atoms with van der Waals surface area (Å²) in [5.74, 6) is 0.160. The predicted octanol–water partition coefficient (Wildman–Crippen LogP) is 6.26. The average molecular weight is 617 g/mol. The van der Waals surface area contributed by atoms with Gasteiger partial charge in [-0.2, -0.15) is 0 Å². The number of nitrogens with one attached hydrogen (secondary N) is 2. The Morgan fingerprint density at radius 2 is 1.69 bits per heavy atom. The second-order valence-electron chi connectivity index (χ2n) is 12.1. The molecule has 0 saturated carbocycles. The highest BCUT2D eigenvalue weighted by atomic mass is 16.5. The summed E-state index contributed by atoms with van der Waals surface area (Å²) < 4.78 is 12.8. The lowest BCUT2D eigenvalue weighted by atomic mass is 10.0. The van der Waals surface area contributed by atoms with E-state index in [9.17, 15) is 14.7 Å². The number of aliphatic hydroxyl groups is 1. The molecule has 9 nitrogen and oxygen atoms in total. The molecule has 4 rings (SSSR count). The first kappa shape index (κ1) is 34.0. The molecule has 1 heterocycles. The average Bonchev–Trinajstić information content (AvgIpc) is 3.03. The third-order valence-electron chi connectivity index (χ3n) is 8.13. The molecule has 0 bridgehead atoms. The van der Waals surface area contributed by atoms with Crippen LogP contribution in [0.15, 0.2) is 78.9 Å². The maximum atomic E-state index is 14.3. The van der Waals surface area contributed by atoms with Crippen LogP contribution in [0.3, 0.4) is 0 Å². The monoisotopic (exact) mass is 616 g/mol. The number of benzene rings is 3. The van der Waals surface area contributed by atoms with E-state index < -0.39 is 12.1 Å². The highest BCUT2D eigenvalue weighted by Gasteiger charge is 2.30. The van der Waals surface area contributed by atoms with Gasteiger partial charge >= 0.3 is 6.03 Å². The van der Waals surface area contributed by atoms with E-state index in [4.69, 9.17) is 9.47 Å². The van der Waals surface area contributed by atoms with Gasteiger partial charge in [0, 0.05) is 43.5 Å². The Morgan fingerprint density at radius 3 is 2.40 bits per heavy atom. The first-order valence-electron chi connectivity index (χ1n) is 15.9. The molecule has 0 fully saturated rings. The summed E-state index contributed by atoms with van der Waals surface area (Å²) in [6.45, 7) is 8.24. The summed E-state index contributed by atoms with van der Waals surface area (Å²) in [7, 11) is 2.09. The number of hydrogen-bond donors (Lipinski definition) is 3. The summed E-state index contributed by atoms with van der Waals surface area (Å²) in [5.41, 5.74) is 2.68. The normalized spacial score (nSPS) is 20.4. The number of carbonyl (C=O) groups is 2. The SMILES string of the molecule is C[C@@H]1CCCCO[C@@H](CN(C)Cc2ccccc2)[C@@H](C)CN([C@@H](C)CO)C(=O)c2cc(NC(=O)Nc3ccccc3)ccc2O1. The van der Waals surface area contributed by atoms with Gasteiger partial charge in [-0.25, -0.2) is 4.79 Å². The van der Waals surface area contributed by atoms with Crippen molar-refractivity contribution in [2.24, 2.45) is 5.92 Å². The summed E-state index contributed by atoms with van der Waals surface area (Å²) in [5, 5.41) is 15.9. The molecule has 0 aromatic heterocycles. The van der Waals surface area contributed by atoms with E-state index in [-0.39, 0.29) is 30.6 Å². The van der Waals surface area contributed by atoms with Gasteiger partial charge in [0.15, 0.2) is 0 Å². The van der Waals surface area contributed by atoms with Gasteiger partial charge in [0.2, 0.25) is 0 Å². The first-order chi connectivity index (χ1) is 21.7. The molecule has 3 N–H and O–H groups in total. The molecule has 0 unspecified atom stereocenters. The molecule has 0 spiro atoms. The molecular formula is C36H48N4O5. The third-order valence-corrected chi connectivity index (χ3v) is 8.13. The highest BCUT2D eigenvalue weighted by Crippen LogP contribution is 2.29. The second kappa shape index (κ2) is 17.0. The molecule has 1 aliphatic heterocycles. The largest absolute Gasteiger partial charge is 0.490 e. The van der Waals surface area contributed by atoms with Crippen LogP contribution >= 0.6 is 0 Å². The van der Waals surface area contributed by atoms with Crippen LogP contribution in [0.4, 0.5) is 16.2 Å². The first-order valence-corrected chi connectivity index (χ1v) is 15.9. The Kier molecular flexibility index (Phi) is 12.8. The summed E-state index contributed by atoms with van der Waals surface area (Å²) in [6, 6.07) is 23.8. The van der Waals surface area contributed by atoms with Crippen molar-refractivity contribution in [1.82, 2.24) is 9.80 Å². The summed E-state index contributed by atoms with van der Waals surface area (Å²) in [6.07, 6.45) is 2.39. The minimum Gasteiger partial charge on any atom is -0.490 e. The maximum absolute atomic E-state index is 14.3. The fourth-order valence-electron chi connectivity index (χ4n) is 5.54. The number of hydrogen-bond acceptors (Lipinski definition) is 6. The standard InChI is InChI=1S/C36H48N4O5/c1-26-22-40(27(2)25-41)35(42)32-21-31(38-36(43)37-30-16-9-6-10-17-30)18-19-33(32)45-28(3)13-11-12-20-44-34(26)24-39(4)23-29-14-7-5-8-15-29/h5-10,14-19,21,26-28,34,41H,11-13,20,22-25H2,1-4H3,(H2,37,38,43)/t26-,27-,28+,34-/m0/s1. The number of nitrogens with zero attached hydrogens (tertiary/aromatic N) is 2. The van der Waals surface area contributed by atoms with E-state index in [1.807, 2.05) is 50.2 Å². The Balaban J connectivity index is 1.59. The number of aliphatic hydroxyl groups excluding tert-OH is 1. The molecule has 0 saturated heterocycles. The Hall–Kier alpha value is -3.92. The number of ether oxygens (including phenoxy) is 2. The van der Waals surface area contributed by atoms with Crippen molar-refractivity contribution in [1.29, 1.82) is 0 Å². The minimum absolute atomic E-state index is 0.0228. The summed E-state index contributed by atoms with van der Waals surface area (Å²) in [4.78, 5) is 31.0. The molecule has 242 valence electrons. The van der Waals surface area contributed by atoms with Gasteiger partial charge in [-0.1, -0.05) is 55.5 Å². The number of para-hydroxylation sites is 1. The van der Waals surface area contributed by atoms with Gasteiger partial charge in [-0.15, -0.1) is 0 Å². The molecule has 0 aliphatic carbocycles. The number of urea groups is 1. The molecule has 45 heavy (non-hydrogen) atoms. The van der Waals surface area contributed by atoms with Crippen LogP contribution in [0.25, 0.3) is 0 Å². The summed E-state index contributed by atoms with van der Waals surface area (Å²) >= 11 is 0. The zero-order valence-corrected chi connectivity index (χ0v) is 26.9. The van der Waals surface area contributed by atoms with Crippen molar-refractivity contribution >= 4 is 23.3 Å². The van der Waals surface area contributed by atoms with Gasteiger partial charge in [-0.05, 0) is 76.1 Å². The zero-order valence-electron chi connectivity index (χ0n) is 26.9. The molecule has 0 radical (unpaired) electrons. The van der Waals surface area contributed by atoms with Crippen LogP contribution in [0.1, 0.15) is 56.0 Å². The Labute approximate surface area is 267 Å². The van der Waals surface area contributed by atoms with Crippen LogP contribution < -0.4 is 15.4 Å². The van der Waals surface area contributed by atoms with E-state index in [0.29, 0.717) is 42.4 Å². The molecule has 4 atom stereocenters. The predicted molar refractivity (Wildman–Crippen MR) is 179 cm³/mol. The molecule has 3 amide bonds. The number of amides is 3. The third kappa shape index (κ3) is 10.3. The lowest BCUT2D eigenvalue weighted by molar-refractivity contribution is -0.0177. The molecule has 1 aliphatic rings. The molecule has 3 aromatic rings. The van der Waals surface area contributed by atoms with Crippen LogP contribution in [-0.2, 0) is 11.3 Å². The molecule has 9 heteroatoms. The van der Waals surface area contributed by atoms with Gasteiger partial charge in [-0.3, -0.25) is 9.69 Å². The number of likely N-dealkylation sites (N-methyl/N-ethyl adjacent to an activating group) is 1. The van der Waals surface area contributed by atoms with Crippen molar-refractivity contribution in [3.63, 3.8) is 0 Å². The van der Waals surface area contributed by atoms with Crippen LogP contribution in [0.2, 0.25) is 0 Å². The van der Waals surface area contributed by atoms with Crippen molar-refractivity contribution in [2.45, 2.75) is 64.8 Å². The lowest BCUT2D eigenvalue weighted by Gasteiger charge is -2.36. The van der Waals surface area contributed by atoms with E-state index in [2.05, 4.69) is 41.6 Å². The quantitative estimate of drug-likeness (QED) is 0.276. The Bertz CT molecular complexity index is 1360. The number of carbonyl (C=O) groups excluding carboxylic acids is 2. The van der Waals surface area contributed by atoms with Crippen molar-refractivity contribution in [3.8, 4) is 5.75 Å². The van der Waals surface area contributed by atoms with Gasteiger partial charge in [0.05, 0.1) is 30.4 Å². The minimum atomic E-state index is -0.446. The molecule has 3 aromatic carbocycles. The van der Waals surface area contributed by atoms with E-state index in [0.717, 1.165) is 25.8 Å². The smallest absolute Gasteiger partial charge is 0.323 e. The second-order valence-corrected chi connectivity index (χ2v) is 12.1. The van der Waals surface area contributed by atoms with E-state index in [1.165, 1.54) is 5.56 Å². The maximum Gasteiger partial charge on any atom is 0.323 e. The fraction of sp³-hybridized carbons (Fsp3) is 0.444. The van der Waals surface area contributed by atoms with Gasteiger partial charge in [0.25, 0.3) is 5.91 Å². The Morgan fingerprint density at radius 1 is 1.00 bits per heavy atom. The van der Waals surface area contributed by atoms with Crippen molar-refractivity contribution < 1.29 is 24.2 Å². The lowest BCUT2D eigenvalue weighted by Crippen LogP contribution is -2.47. The number of rotatable bonds is 8. The van der Waals surface area contributed by atoms with Gasteiger partial charge in [0.1, 0.15) is 5.75 Å². The number of anilines is 2. The van der Waals surface area contributed by atoms with Crippen molar-refractivity contribution in [2.75, 3.05) is 44.0 Å².